The summed E-state index contributed by atoms with van der Waals surface area (Å²) in [5, 5.41) is 3.67. The Morgan fingerprint density at radius 3 is 2.39 bits per heavy atom. The van der Waals surface area contributed by atoms with Crippen molar-refractivity contribution in [2.24, 2.45) is 0 Å². The number of hydrogen-bond donors (Lipinski definition) is 1. The van der Waals surface area contributed by atoms with Crippen molar-refractivity contribution in [3.8, 4) is 5.75 Å². The number of alkyl halides is 1. The Morgan fingerprint density at radius 1 is 1.12 bits per heavy atom. The summed E-state index contributed by atoms with van der Waals surface area (Å²) in [6.07, 6.45) is 3.23. The second kappa shape index (κ2) is 11.7. The number of amides is 2. The SMILES string of the molecule is COc1c(N2C[C@@H](C)N(C(=O)CCl)[C@@H](C)C2)c(F)cc2c(=O)c(C(=O)NCc3ccc(Cl)cc3Cl)cn(C3CC3)c12. The van der Waals surface area contributed by atoms with Gasteiger partial charge in [0.05, 0.1) is 18.0 Å². The predicted molar refractivity (Wildman–Crippen MR) is 159 cm³/mol. The topological polar surface area (TPSA) is 83.9 Å². The van der Waals surface area contributed by atoms with Crippen LogP contribution in [0.2, 0.25) is 10.0 Å². The number of fused-ring (bicyclic) bond motifs is 1. The van der Waals surface area contributed by atoms with Gasteiger partial charge in [0.15, 0.2) is 11.6 Å². The number of ether oxygens (including phenoxy) is 1. The number of piperazine rings is 1. The molecule has 2 amide bonds. The quantitative estimate of drug-likeness (QED) is 0.357. The van der Waals surface area contributed by atoms with E-state index < -0.39 is 17.2 Å². The number of aromatic nitrogens is 1. The molecule has 0 unspecified atom stereocenters. The maximum Gasteiger partial charge on any atom is 0.257 e. The Bertz CT molecular complexity index is 1580. The minimum absolute atomic E-state index is 0.0404. The van der Waals surface area contributed by atoms with Crippen LogP contribution in [0.4, 0.5) is 10.1 Å². The van der Waals surface area contributed by atoms with Crippen LogP contribution in [-0.2, 0) is 11.3 Å². The highest BCUT2D eigenvalue weighted by Gasteiger charge is 2.36. The zero-order valence-electron chi connectivity index (χ0n) is 22.8. The molecule has 0 radical (unpaired) electrons. The lowest BCUT2D eigenvalue weighted by molar-refractivity contribution is -0.133. The summed E-state index contributed by atoms with van der Waals surface area (Å²) in [7, 11) is 1.44. The molecule has 2 aliphatic rings. The minimum atomic E-state index is -0.643. The summed E-state index contributed by atoms with van der Waals surface area (Å²) in [6.45, 7) is 4.57. The summed E-state index contributed by atoms with van der Waals surface area (Å²) in [4.78, 5) is 42.8. The van der Waals surface area contributed by atoms with Crippen LogP contribution in [0.5, 0.6) is 5.75 Å². The van der Waals surface area contributed by atoms with Gasteiger partial charge >= 0.3 is 0 Å². The second-order valence-corrected chi connectivity index (χ2v) is 11.7. The fourth-order valence-electron chi connectivity index (χ4n) is 5.74. The molecule has 5 rings (SSSR count). The van der Waals surface area contributed by atoms with Gasteiger partial charge in [0.25, 0.3) is 5.91 Å². The highest BCUT2D eigenvalue weighted by atomic mass is 35.5. The van der Waals surface area contributed by atoms with Crippen LogP contribution in [0.15, 0.2) is 35.3 Å². The van der Waals surface area contributed by atoms with Crippen LogP contribution in [0.25, 0.3) is 10.9 Å². The smallest absolute Gasteiger partial charge is 0.257 e. The zero-order chi connectivity index (χ0) is 29.6. The lowest BCUT2D eigenvalue weighted by Gasteiger charge is -2.45. The van der Waals surface area contributed by atoms with E-state index in [9.17, 15) is 14.4 Å². The first-order valence-electron chi connectivity index (χ1n) is 13.3. The molecule has 1 N–H and O–H groups in total. The average molecular weight is 624 g/mol. The third-order valence-corrected chi connectivity index (χ3v) is 8.49. The first kappa shape index (κ1) is 29.5. The van der Waals surface area contributed by atoms with Gasteiger partial charge in [-0.3, -0.25) is 14.4 Å². The Kier molecular flexibility index (Phi) is 8.41. The molecule has 2 heterocycles. The largest absolute Gasteiger partial charge is 0.492 e. The Balaban J connectivity index is 1.55. The molecule has 1 aromatic heterocycles. The first-order valence-corrected chi connectivity index (χ1v) is 14.6. The number of hydrogen-bond acceptors (Lipinski definition) is 5. The Hall–Kier alpha value is -3.01. The minimum Gasteiger partial charge on any atom is -0.492 e. The van der Waals surface area contributed by atoms with E-state index in [1.807, 2.05) is 23.3 Å². The molecular weight excluding hydrogens is 594 g/mol. The summed E-state index contributed by atoms with van der Waals surface area (Å²) < 4.78 is 23.6. The number of nitrogens with zero attached hydrogens (tertiary/aromatic N) is 3. The van der Waals surface area contributed by atoms with Crippen LogP contribution in [0.1, 0.15) is 48.7 Å². The van der Waals surface area contributed by atoms with Crippen molar-refractivity contribution in [3.63, 3.8) is 0 Å². The van der Waals surface area contributed by atoms with Gasteiger partial charge in [-0.15, -0.1) is 11.6 Å². The number of pyridine rings is 1. The molecule has 12 heteroatoms. The van der Waals surface area contributed by atoms with Crippen LogP contribution in [0, 0.1) is 5.82 Å². The number of methoxy groups -OCH3 is 1. The number of halogens is 4. The third kappa shape index (κ3) is 5.59. The first-order chi connectivity index (χ1) is 19.5. The lowest BCUT2D eigenvalue weighted by Crippen LogP contribution is -2.59. The summed E-state index contributed by atoms with van der Waals surface area (Å²) >= 11 is 18.0. The molecule has 1 aliphatic carbocycles. The van der Waals surface area contributed by atoms with Crippen molar-refractivity contribution < 1.29 is 18.7 Å². The molecule has 218 valence electrons. The summed E-state index contributed by atoms with van der Waals surface area (Å²) in [5.41, 5.74) is 0.605. The maximum atomic E-state index is 15.9. The lowest BCUT2D eigenvalue weighted by atomic mass is 10.0. The van der Waals surface area contributed by atoms with Gasteiger partial charge in [-0.25, -0.2) is 4.39 Å². The van der Waals surface area contributed by atoms with Crippen LogP contribution < -0.4 is 20.4 Å². The van der Waals surface area contributed by atoms with E-state index in [2.05, 4.69) is 5.32 Å². The Labute approximate surface area is 251 Å². The molecule has 3 aromatic rings. The molecule has 0 spiro atoms. The van der Waals surface area contributed by atoms with Gasteiger partial charge < -0.3 is 24.4 Å². The normalized spacial score (nSPS) is 19.0. The number of nitrogens with one attached hydrogen (secondary N) is 1. The van der Waals surface area contributed by atoms with Crippen molar-refractivity contribution in [1.29, 1.82) is 0 Å². The molecule has 1 saturated carbocycles. The van der Waals surface area contributed by atoms with Gasteiger partial charge in [0, 0.05) is 54.0 Å². The molecule has 8 nitrogen and oxygen atoms in total. The van der Waals surface area contributed by atoms with Gasteiger partial charge in [0.1, 0.15) is 17.1 Å². The van der Waals surface area contributed by atoms with Crippen LogP contribution in [0.3, 0.4) is 0 Å². The average Bonchev–Trinajstić information content (AvgIpc) is 3.77. The number of carbonyl (C=O) groups is 2. The predicted octanol–water partition coefficient (Wildman–Crippen LogP) is 5.39. The Morgan fingerprint density at radius 2 is 1.80 bits per heavy atom. The number of rotatable bonds is 7. The molecule has 41 heavy (non-hydrogen) atoms. The standard InChI is InChI=1S/C29H30Cl3FN4O4/c1-15-12-35(13-16(2)37(15)24(38)10-30)26-23(33)9-20-25(28(26)41-3)36(19-6-7-19)14-21(27(20)39)29(40)34-11-17-4-5-18(31)8-22(17)32/h4-5,8-9,14-16,19H,6-7,10-13H2,1-3H3,(H,34,40)/t15-,16+. The molecular formula is C29H30Cl3FN4O4. The van der Waals surface area contributed by atoms with E-state index in [-0.39, 0.29) is 58.8 Å². The fourth-order valence-corrected chi connectivity index (χ4v) is 6.35. The van der Waals surface area contributed by atoms with Gasteiger partial charge in [-0.1, -0.05) is 29.3 Å². The fraction of sp³-hybridized carbons (Fsp3) is 0.414. The van der Waals surface area contributed by atoms with Gasteiger partial charge in [0.2, 0.25) is 11.3 Å². The van der Waals surface area contributed by atoms with Crippen LogP contribution >= 0.6 is 34.8 Å². The van der Waals surface area contributed by atoms with E-state index >= 15 is 4.39 Å². The molecule has 2 atom stereocenters. The van der Waals surface area contributed by atoms with Crippen molar-refractivity contribution in [1.82, 2.24) is 14.8 Å². The second-order valence-electron chi connectivity index (χ2n) is 10.6. The highest BCUT2D eigenvalue weighted by Crippen LogP contribution is 2.44. The number of anilines is 1. The monoisotopic (exact) mass is 622 g/mol. The third-order valence-electron chi connectivity index (χ3n) is 7.68. The summed E-state index contributed by atoms with van der Waals surface area (Å²) in [5.74, 6) is -1.32. The molecule has 1 saturated heterocycles. The van der Waals surface area contributed by atoms with E-state index in [0.717, 1.165) is 12.8 Å². The van der Waals surface area contributed by atoms with Crippen molar-refractivity contribution in [3.05, 3.63) is 67.7 Å². The molecule has 2 fully saturated rings. The number of benzene rings is 2. The number of carbonyl (C=O) groups excluding carboxylic acids is 2. The zero-order valence-corrected chi connectivity index (χ0v) is 25.1. The maximum absolute atomic E-state index is 15.9. The van der Waals surface area contributed by atoms with Crippen molar-refractivity contribution in [2.75, 3.05) is 31.0 Å². The molecule has 0 bridgehead atoms. The van der Waals surface area contributed by atoms with Crippen LogP contribution in [-0.4, -0.2) is 59.4 Å². The van der Waals surface area contributed by atoms with E-state index in [4.69, 9.17) is 39.5 Å². The van der Waals surface area contributed by atoms with E-state index in [0.29, 0.717) is 34.2 Å². The van der Waals surface area contributed by atoms with E-state index in [1.165, 1.54) is 19.4 Å². The van der Waals surface area contributed by atoms with Gasteiger partial charge in [-0.05, 0) is 50.5 Å². The molecule has 1 aliphatic heterocycles. The summed E-state index contributed by atoms with van der Waals surface area (Å²) in [6, 6.07) is 5.71. The highest BCUT2D eigenvalue weighted by molar-refractivity contribution is 6.35. The van der Waals surface area contributed by atoms with Crippen molar-refractivity contribution in [2.45, 2.75) is 51.4 Å². The van der Waals surface area contributed by atoms with Crippen molar-refractivity contribution >= 4 is 63.2 Å². The molecule has 2 aromatic carbocycles. The van der Waals surface area contributed by atoms with Gasteiger partial charge in [-0.2, -0.15) is 0 Å². The van der Waals surface area contributed by atoms with E-state index in [1.54, 1.807) is 23.1 Å².